The molecule has 1 aliphatic heterocycles. The second-order valence-electron chi connectivity index (χ2n) is 5.98. The van der Waals surface area contributed by atoms with Crippen LogP contribution in [0, 0.1) is 0 Å². The zero-order valence-electron chi connectivity index (χ0n) is 13.4. The van der Waals surface area contributed by atoms with Crippen molar-refractivity contribution < 1.29 is 5.11 Å². The van der Waals surface area contributed by atoms with Crippen LogP contribution in [0.1, 0.15) is 0 Å². The molecule has 0 radical (unpaired) electrons. The van der Waals surface area contributed by atoms with Gasteiger partial charge >= 0.3 is 0 Å². The van der Waals surface area contributed by atoms with E-state index in [0.29, 0.717) is 5.75 Å². The maximum atomic E-state index is 9.40. The molecule has 2 aromatic carbocycles. The van der Waals surface area contributed by atoms with Gasteiger partial charge in [0.05, 0.1) is 6.33 Å². The van der Waals surface area contributed by atoms with Gasteiger partial charge in [0, 0.05) is 55.6 Å². The normalized spacial score (nSPS) is 14.8. The predicted molar refractivity (Wildman–Crippen MR) is 96.1 cm³/mol. The zero-order chi connectivity index (χ0) is 16.4. The predicted octanol–water partition coefficient (Wildman–Crippen LogP) is 2.90. The van der Waals surface area contributed by atoms with E-state index in [0.717, 1.165) is 31.9 Å². The van der Waals surface area contributed by atoms with E-state index in [2.05, 4.69) is 39.0 Å². The summed E-state index contributed by atoms with van der Waals surface area (Å²) in [4.78, 5) is 8.85. The molecule has 0 saturated carbocycles. The molecule has 1 fully saturated rings. The van der Waals surface area contributed by atoms with Crippen LogP contribution in [0.15, 0.2) is 67.3 Å². The van der Waals surface area contributed by atoms with Crippen molar-refractivity contribution in [2.75, 3.05) is 36.0 Å². The molecule has 1 saturated heterocycles. The molecule has 5 nitrogen and oxygen atoms in total. The quantitative estimate of drug-likeness (QED) is 0.806. The fourth-order valence-corrected chi connectivity index (χ4v) is 3.13. The van der Waals surface area contributed by atoms with Crippen LogP contribution in [0.4, 0.5) is 11.4 Å². The maximum Gasteiger partial charge on any atom is 0.115 e. The Morgan fingerprint density at radius 2 is 1.21 bits per heavy atom. The van der Waals surface area contributed by atoms with E-state index in [9.17, 15) is 5.11 Å². The van der Waals surface area contributed by atoms with Gasteiger partial charge < -0.3 is 19.5 Å². The van der Waals surface area contributed by atoms with E-state index >= 15 is 0 Å². The summed E-state index contributed by atoms with van der Waals surface area (Å²) in [6, 6.07) is 16.0. The van der Waals surface area contributed by atoms with Crippen LogP contribution in [0.3, 0.4) is 0 Å². The molecule has 122 valence electrons. The number of rotatable bonds is 3. The molecule has 0 spiro atoms. The topological polar surface area (TPSA) is 44.5 Å². The monoisotopic (exact) mass is 320 g/mol. The Hall–Kier alpha value is -2.95. The first-order chi connectivity index (χ1) is 11.8. The minimum atomic E-state index is 0.315. The number of aromatic nitrogens is 2. The highest BCUT2D eigenvalue weighted by Gasteiger charge is 2.17. The van der Waals surface area contributed by atoms with Crippen LogP contribution in [-0.4, -0.2) is 40.8 Å². The van der Waals surface area contributed by atoms with E-state index in [-0.39, 0.29) is 0 Å². The SMILES string of the molecule is Oc1ccc(N2CCN(c3ccc(-n4ccnc4)cc3)CC2)cc1. The summed E-state index contributed by atoms with van der Waals surface area (Å²) in [7, 11) is 0. The molecule has 1 aromatic heterocycles. The number of nitrogens with zero attached hydrogens (tertiary/aromatic N) is 4. The lowest BCUT2D eigenvalue weighted by Gasteiger charge is -2.37. The largest absolute Gasteiger partial charge is 0.508 e. The number of benzene rings is 2. The van der Waals surface area contributed by atoms with Crippen LogP contribution in [-0.2, 0) is 0 Å². The van der Waals surface area contributed by atoms with Gasteiger partial charge in [0.2, 0.25) is 0 Å². The van der Waals surface area contributed by atoms with Crippen molar-refractivity contribution >= 4 is 11.4 Å². The van der Waals surface area contributed by atoms with Gasteiger partial charge in [0.25, 0.3) is 0 Å². The second kappa shape index (κ2) is 6.28. The van der Waals surface area contributed by atoms with Gasteiger partial charge in [-0.15, -0.1) is 0 Å². The Morgan fingerprint density at radius 1 is 0.708 bits per heavy atom. The van der Waals surface area contributed by atoms with Crippen molar-refractivity contribution in [3.8, 4) is 11.4 Å². The molecule has 0 atom stereocenters. The lowest BCUT2D eigenvalue weighted by atomic mass is 10.2. The van der Waals surface area contributed by atoms with Gasteiger partial charge in [-0.05, 0) is 48.5 Å². The Balaban J connectivity index is 1.41. The minimum absolute atomic E-state index is 0.315. The molecule has 4 rings (SSSR count). The highest BCUT2D eigenvalue weighted by molar-refractivity contribution is 5.54. The molecule has 0 bridgehead atoms. The van der Waals surface area contributed by atoms with E-state index in [1.54, 1.807) is 18.3 Å². The van der Waals surface area contributed by atoms with Crippen molar-refractivity contribution in [2.45, 2.75) is 0 Å². The van der Waals surface area contributed by atoms with E-state index in [1.165, 1.54) is 11.4 Å². The Bertz CT molecular complexity index is 773. The van der Waals surface area contributed by atoms with Crippen molar-refractivity contribution in [1.82, 2.24) is 9.55 Å². The fraction of sp³-hybridized carbons (Fsp3) is 0.211. The second-order valence-corrected chi connectivity index (χ2v) is 5.98. The van der Waals surface area contributed by atoms with Gasteiger partial charge in [0.1, 0.15) is 5.75 Å². The van der Waals surface area contributed by atoms with Crippen LogP contribution < -0.4 is 9.80 Å². The van der Waals surface area contributed by atoms with Gasteiger partial charge in [-0.2, -0.15) is 0 Å². The van der Waals surface area contributed by atoms with Crippen molar-refractivity contribution in [1.29, 1.82) is 0 Å². The molecule has 5 heteroatoms. The molecule has 2 heterocycles. The molecule has 3 aromatic rings. The van der Waals surface area contributed by atoms with Crippen LogP contribution in [0.2, 0.25) is 0 Å². The highest BCUT2D eigenvalue weighted by Crippen LogP contribution is 2.23. The molecule has 0 aliphatic carbocycles. The van der Waals surface area contributed by atoms with Gasteiger partial charge in [0.15, 0.2) is 0 Å². The molecule has 0 amide bonds. The first-order valence-corrected chi connectivity index (χ1v) is 8.17. The van der Waals surface area contributed by atoms with Crippen LogP contribution in [0.25, 0.3) is 5.69 Å². The third-order valence-electron chi connectivity index (χ3n) is 4.51. The summed E-state index contributed by atoms with van der Waals surface area (Å²) in [6.45, 7) is 3.94. The van der Waals surface area contributed by atoms with Gasteiger partial charge in [-0.25, -0.2) is 4.98 Å². The summed E-state index contributed by atoms with van der Waals surface area (Å²) in [6.07, 6.45) is 5.55. The number of aromatic hydroxyl groups is 1. The summed E-state index contributed by atoms with van der Waals surface area (Å²) < 4.78 is 2.01. The molecule has 0 unspecified atom stereocenters. The molecular weight excluding hydrogens is 300 g/mol. The number of hydrogen-bond donors (Lipinski definition) is 1. The molecule has 1 aliphatic rings. The van der Waals surface area contributed by atoms with Crippen LogP contribution in [0.5, 0.6) is 5.75 Å². The Kier molecular flexibility index (Phi) is 3.83. The first kappa shape index (κ1) is 14.6. The van der Waals surface area contributed by atoms with Gasteiger partial charge in [-0.3, -0.25) is 0 Å². The first-order valence-electron chi connectivity index (χ1n) is 8.17. The van der Waals surface area contributed by atoms with E-state index < -0.39 is 0 Å². The maximum absolute atomic E-state index is 9.40. The lowest BCUT2D eigenvalue weighted by molar-refractivity contribution is 0.475. The number of imidazole rings is 1. The third kappa shape index (κ3) is 2.93. The molecule has 24 heavy (non-hydrogen) atoms. The number of phenolic OH excluding ortho intramolecular Hbond substituents is 1. The van der Waals surface area contributed by atoms with Crippen LogP contribution >= 0.6 is 0 Å². The fourth-order valence-electron chi connectivity index (χ4n) is 3.13. The average Bonchev–Trinajstić information content (AvgIpc) is 3.17. The average molecular weight is 320 g/mol. The number of hydrogen-bond acceptors (Lipinski definition) is 4. The smallest absolute Gasteiger partial charge is 0.115 e. The summed E-state index contributed by atoms with van der Waals surface area (Å²) >= 11 is 0. The lowest BCUT2D eigenvalue weighted by Crippen LogP contribution is -2.46. The number of anilines is 2. The number of phenols is 1. The Labute approximate surface area is 141 Å². The number of piperazine rings is 1. The van der Waals surface area contributed by atoms with E-state index in [4.69, 9.17) is 0 Å². The van der Waals surface area contributed by atoms with Crippen molar-refractivity contribution in [3.05, 3.63) is 67.3 Å². The minimum Gasteiger partial charge on any atom is -0.508 e. The molecule has 1 N–H and O–H groups in total. The summed E-state index contributed by atoms with van der Waals surface area (Å²) in [5.74, 6) is 0.315. The summed E-state index contributed by atoms with van der Waals surface area (Å²) in [5.41, 5.74) is 3.55. The highest BCUT2D eigenvalue weighted by atomic mass is 16.3. The van der Waals surface area contributed by atoms with Gasteiger partial charge in [-0.1, -0.05) is 0 Å². The molecular formula is C19H20N4O. The zero-order valence-corrected chi connectivity index (χ0v) is 13.4. The van der Waals surface area contributed by atoms with Crippen molar-refractivity contribution in [3.63, 3.8) is 0 Å². The third-order valence-corrected chi connectivity index (χ3v) is 4.51. The Morgan fingerprint density at radius 3 is 1.71 bits per heavy atom. The summed E-state index contributed by atoms with van der Waals surface area (Å²) in [5, 5.41) is 9.40. The van der Waals surface area contributed by atoms with E-state index in [1.807, 2.05) is 29.2 Å². The standard InChI is InChI=1S/C19H20N4O/c24-19-7-5-17(6-8-19)22-13-11-21(12-14-22)16-1-3-18(4-2-16)23-10-9-20-15-23/h1-10,15,24H,11-14H2. The van der Waals surface area contributed by atoms with Crippen molar-refractivity contribution in [2.24, 2.45) is 0 Å².